The van der Waals surface area contributed by atoms with E-state index in [0.29, 0.717) is 23.7 Å². The molecule has 1 aliphatic carbocycles. The molecule has 11 heteroatoms. The van der Waals surface area contributed by atoms with Crippen LogP contribution >= 0.6 is 11.3 Å². The fourth-order valence-electron chi connectivity index (χ4n) is 3.93. The number of esters is 2. The van der Waals surface area contributed by atoms with Crippen molar-refractivity contribution < 1.29 is 32.3 Å². The van der Waals surface area contributed by atoms with Gasteiger partial charge in [0, 0.05) is 18.0 Å². The maximum Gasteiger partial charge on any atom is 0.341 e. The normalized spacial score (nSPS) is 13.3. The van der Waals surface area contributed by atoms with Gasteiger partial charge >= 0.3 is 11.9 Å². The third-order valence-electron chi connectivity index (χ3n) is 5.67. The van der Waals surface area contributed by atoms with E-state index >= 15 is 0 Å². The van der Waals surface area contributed by atoms with Crippen LogP contribution in [0.5, 0.6) is 0 Å². The van der Waals surface area contributed by atoms with E-state index in [0.717, 1.165) is 36.1 Å². The second-order valence-electron chi connectivity index (χ2n) is 7.87. The molecule has 35 heavy (non-hydrogen) atoms. The number of carbonyl (C=O) groups is 3. The molecule has 9 nitrogen and oxygen atoms in total. The summed E-state index contributed by atoms with van der Waals surface area (Å²) in [6.07, 6.45) is 3.59. The summed E-state index contributed by atoms with van der Waals surface area (Å²) >= 11 is 1.35. The van der Waals surface area contributed by atoms with Crippen LogP contribution in [0.3, 0.4) is 0 Å². The van der Waals surface area contributed by atoms with Crippen molar-refractivity contribution in [1.29, 1.82) is 0 Å². The lowest BCUT2D eigenvalue weighted by Crippen LogP contribution is -2.30. The van der Waals surface area contributed by atoms with Crippen LogP contribution in [-0.2, 0) is 37.1 Å². The molecule has 1 aromatic carbocycles. The van der Waals surface area contributed by atoms with E-state index in [2.05, 4.69) is 5.32 Å². The largest absolute Gasteiger partial charge is 0.462 e. The first-order chi connectivity index (χ1) is 16.7. The molecule has 3 rings (SSSR count). The Balaban J connectivity index is 1.65. The van der Waals surface area contributed by atoms with E-state index in [1.807, 2.05) is 0 Å². The van der Waals surface area contributed by atoms with Crippen LogP contribution in [0, 0.1) is 0 Å². The Morgan fingerprint density at radius 2 is 1.63 bits per heavy atom. The number of hydrogen-bond donors (Lipinski definition) is 1. The number of anilines is 1. The highest BCUT2D eigenvalue weighted by molar-refractivity contribution is 7.89. The van der Waals surface area contributed by atoms with E-state index in [9.17, 15) is 22.8 Å². The highest BCUT2D eigenvalue weighted by Crippen LogP contribution is 2.38. The standard InChI is InChI=1S/C24H30N2O7S2/c1-4-26(5-2)35(30,31)17-13-11-16(12-14-17)23(28)33-15-20(27)25-22-21(24(29)32-6-3)18-9-7-8-10-19(18)34-22/h11-14H,4-10,15H2,1-3H3,(H,25,27). The molecule has 1 amide bonds. The van der Waals surface area contributed by atoms with Crippen molar-refractivity contribution in [2.24, 2.45) is 0 Å². The van der Waals surface area contributed by atoms with Gasteiger partial charge in [-0.05, 0) is 62.4 Å². The summed E-state index contributed by atoms with van der Waals surface area (Å²) in [5.41, 5.74) is 1.43. The lowest BCUT2D eigenvalue weighted by molar-refractivity contribution is -0.119. The summed E-state index contributed by atoms with van der Waals surface area (Å²) in [5, 5.41) is 3.09. The SMILES string of the molecule is CCOC(=O)c1c(NC(=O)COC(=O)c2ccc(S(=O)(=O)N(CC)CC)cc2)sc2c1CCCC2. The van der Waals surface area contributed by atoms with Crippen LogP contribution in [0.4, 0.5) is 5.00 Å². The topological polar surface area (TPSA) is 119 Å². The van der Waals surface area contributed by atoms with E-state index in [4.69, 9.17) is 9.47 Å². The number of ether oxygens (including phenoxy) is 2. The number of nitrogens with zero attached hydrogens (tertiary/aromatic N) is 1. The zero-order valence-corrected chi connectivity index (χ0v) is 21.7. The predicted molar refractivity (Wildman–Crippen MR) is 132 cm³/mol. The molecule has 1 heterocycles. The minimum Gasteiger partial charge on any atom is -0.462 e. The first-order valence-corrected chi connectivity index (χ1v) is 13.9. The van der Waals surface area contributed by atoms with Crippen LogP contribution in [0.25, 0.3) is 0 Å². The smallest absolute Gasteiger partial charge is 0.341 e. The third kappa shape index (κ3) is 6.09. The Morgan fingerprint density at radius 1 is 0.971 bits per heavy atom. The van der Waals surface area contributed by atoms with Gasteiger partial charge in [0.15, 0.2) is 6.61 Å². The van der Waals surface area contributed by atoms with Crippen LogP contribution in [-0.4, -0.2) is 56.9 Å². The van der Waals surface area contributed by atoms with Crippen molar-refractivity contribution >= 4 is 44.2 Å². The second kappa shape index (κ2) is 11.8. The van der Waals surface area contributed by atoms with Crippen LogP contribution < -0.4 is 5.32 Å². The molecule has 0 aliphatic heterocycles. The van der Waals surface area contributed by atoms with Crippen LogP contribution in [0.1, 0.15) is 64.8 Å². The molecule has 0 spiro atoms. The maximum atomic E-state index is 12.6. The minimum atomic E-state index is -3.64. The van der Waals surface area contributed by atoms with Gasteiger partial charge in [0.05, 0.1) is 22.6 Å². The molecule has 0 bridgehead atoms. The summed E-state index contributed by atoms with van der Waals surface area (Å²) in [6, 6.07) is 5.38. The number of sulfonamides is 1. The highest BCUT2D eigenvalue weighted by Gasteiger charge is 2.27. The summed E-state index contributed by atoms with van der Waals surface area (Å²) in [6.45, 7) is 5.57. The molecule has 0 saturated carbocycles. The Hall–Kier alpha value is -2.76. The zero-order valence-electron chi connectivity index (χ0n) is 20.1. The van der Waals surface area contributed by atoms with Gasteiger partial charge in [0.25, 0.3) is 5.91 Å². The summed E-state index contributed by atoms with van der Waals surface area (Å²) < 4.78 is 36.8. The average Bonchev–Trinajstić information content (AvgIpc) is 3.21. The van der Waals surface area contributed by atoms with Gasteiger partial charge in [-0.3, -0.25) is 4.79 Å². The van der Waals surface area contributed by atoms with E-state index < -0.39 is 34.5 Å². The maximum absolute atomic E-state index is 12.6. The van der Waals surface area contributed by atoms with Crippen LogP contribution in [0.15, 0.2) is 29.2 Å². The quantitative estimate of drug-likeness (QED) is 0.473. The summed E-state index contributed by atoms with van der Waals surface area (Å²) in [7, 11) is -3.64. The number of benzene rings is 1. The Morgan fingerprint density at radius 3 is 2.26 bits per heavy atom. The van der Waals surface area contributed by atoms with Crippen molar-refractivity contribution in [3.63, 3.8) is 0 Å². The van der Waals surface area contributed by atoms with Gasteiger partial charge in [0.1, 0.15) is 5.00 Å². The number of carbonyl (C=O) groups excluding carboxylic acids is 3. The molecular formula is C24H30N2O7S2. The number of thiophene rings is 1. The molecule has 0 fully saturated rings. The van der Waals surface area contributed by atoms with Gasteiger partial charge in [-0.1, -0.05) is 13.8 Å². The molecule has 0 radical (unpaired) electrons. The Labute approximate surface area is 209 Å². The van der Waals surface area contributed by atoms with Crippen molar-refractivity contribution in [2.75, 3.05) is 31.6 Å². The highest BCUT2D eigenvalue weighted by atomic mass is 32.2. The number of aryl methyl sites for hydroxylation is 1. The Bertz CT molecular complexity index is 1180. The number of hydrogen-bond acceptors (Lipinski definition) is 8. The first kappa shape index (κ1) is 26.8. The molecule has 0 unspecified atom stereocenters. The summed E-state index contributed by atoms with van der Waals surface area (Å²) in [4.78, 5) is 38.5. The van der Waals surface area contributed by atoms with Gasteiger partial charge in [-0.15, -0.1) is 11.3 Å². The van der Waals surface area contributed by atoms with Gasteiger partial charge in [-0.2, -0.15) is 4.31 Å². The van der Waals surface area contributed by atoms with Gasteiger partial charge in [-0.25, -0.2) is 18.0 Å². The minimum absolute atomic E-state index is 0.0728. The van der Waals surface area contributed by atoms with Gasteiger partial charge < -0.3 is 14.8 Å². The van der Waals surface area contributed by atoms with E-state index in [-0.39, 0.29) is 17.1 Å². The molecule has 0 atom stereocenters. The van der Waals surface area contributed by atoms with Crippen molar-refractivity contribution in [1.82, 2.24) is 4.31 Å². The zero-order chi connectivity index (χ0) is 25.6. The summed E-state index contributed by atoms with van der Waals surface area (Å²) in [5.74, 6) is -1.81. The molecular weight excluding hydrogens is 492 g/mol. The molecule has 1 aromatic heterocycles. The second-order valence-corrected chi connectivity index (χ2v) is 10.9. The van der Waals surface area contributed by atoms with Crippen molar-refractivity contribution in [3.8, 4) is 0 Å². The number of rotatable bonds is 10. The fraction of sp³-hybridized carbons (Fsp3) is 0.458. The molecule has 0 saturated heterocycles. The van der Waals surface area contributed by atoms with E-state index in [1.165, 1.54) is 39.9 Å². The lowest BCUT2D eigenvalue weighted by atomic mass is 9.95. The fourth-order valence-corrected chi connectivity index (χ4v) is 6.68. The average molecular weight is 523 g/mol. The van der Waals surface area contributed by atoms with Crippen molar-refractivity contribution in [3.05, 3.63) is 45.8 Å². The lowest BCUT2D eigenvalue weighted by Gasteiger charge is -2.18. The Kier molecular flexibility index (Phi) is 9.03. The van der Waals surface area contributed by atoms with Crippen LogP contribution in [0.2, 0.25) is 0 Å². The molecule has 2 aromatic rings. The number of fused-ring (bicyclic) bond motifs is 1. The molecule has 1 N–H and O–H groups in total. The molecule has 190 valence electrons. The molecule has 1 aliphatic rings. The third-order valence-corrected chi connectivity index (χ3v) is 8.94. The first-order valence-electron chi connectivity index (χ1n) is 11.6. The number of amides is 1. The predicted octanol–water partition coefficient (Wildman–Crippen LogP) is 3.63. The monoisotopic (exact) mass is 522 g/mol. The van der Waals surface area contributed by atoms with E-state index in [1.54, 1.807) is 20.8 Å². The van der Waals surface area contributed by atoms with Crippen molar-refractivity contribution in [2.45, 2.75) is 51.3 Å². The number of nitrogens with one attached hydrogen (secondary N) is 1. The van der Waals surface area contributed by atoms with Gasteiger partial charge in [0.2, 0.25) is 10.0 Å².